The summed E-state index contributed by atoms with van der Waals surface area (Å²) < 4.78 is 10.5. The first-order chi connectivity index (χ1) is 10.2. The van der Waals surface area contributed by atoms with Crippen molar-refractivity contribution in [2.75, 3.05) is 26.7 Å². The summed E-state index contributed by atoms with van der Waals surface area (Å²) in [6.45, 7) is 5.89. The average molecular weight is 288 g/mol. The number of ether oxygens (including phenoxy) is 1. The third-order valence-corrected chi connectivity index (χ3v) is 3.63. The summed E-state index contributed by atoms with van der Waals surface area (Å²) in [6.07, 6.45) is 0. The van der Waals surface area contributed by atoms with Crippen molar-refractivity contribution in [3.05, 3.63) is 30.2 Å². The number of benzene rings is 1. The van der Waals surface area contributed by atoms with Crippen LogP contribution in [0.3, 0.4) is 0 Å². The number of methoxy groups -OCH3 is 1. The van der Waals surface area contributed by atoms with Crippen LogP contribution in [0.2, 0.25) is 0 Å². The lowest BCUT2D eigenvalue weighted by molar-refractivity contribution is 0.177. The molecule has 0 bridgehead atoms. The zero-order valence-electron chi connectivity index (χ0n) is 12.4. The van der Waals surface area contributed by atoms with Crippen LogP contribution in [-0.2, 0) is 6.54 Å². The van der Waals surface area contributed by atoms with Gasteiger partial charge in [0.2, 0.25) is 11.7 Å². The fourth-order valence-corrected chi connectivity index (χ4v) is 2.52. The molecule has 1 unspecified atom stereocenters. The molecule has 0 aliphatic carbocycles. The summed E-state index contributed by atoms with van der Waals surface area (Å²) in [5, 5.41) is 7.48. The molecule has 1 aliphatic rings. The molecule has 0 spiro atoms. The number of rotatable bonds is 4. The normalized spacial score (nSPS) is 19.6. The van der Waals surface area contributed by atoms with Crippen LogP contribution in [0.15, 0.2) is 28.8 Å². The molecule has 6 nitrogen and oxygen atoms in total. The summed E-state index contributed by atoms with van der Waals surface area (Å²) in [4.78, 5) is 6.80. The van der Waals surface area contributed by atoms with Gasteiger partial charge in [0.05, 0.1) is 13.7 Å². The predicted molar refractivity (Wildman–Crippen MR) is 79.0 cm³/mol. The average Bonchev–Trinajstić information content (AvgIpc) is 2.96. The molecule has 0 amide bonds. The maximum absolute atomic E-state index is 5.36. The Hall–Kier alpha value is -1.92. The Morgan fingerprint density at radius 2 is 2.19 bits per heavy atom. The maximum atomic E-state index is 5.36. The quantitative estimate of drug-likeness (QED) is 0.920. The summed E-state index contributed by atoms with van der Waals surface area (Å²) in [7, 11) is 1.65. The Morgan fingerprint density at radius 3 is 2.90 bits per heavy atom. The molecule has 1 atom stereocenters. The monoisotopic (exact) mass is 288 g/mol. The van der Waals surface area contributed by atoms with Gasteiger partial charge in [-0.1, -0.05) is 5.16 Å². The van der Waals surface area contributed by atoms with Gasteiger partial charge in [0.1, 0.15) is 5.75 Å². The van der Waals surface area contributed by atoms with Gasteiger partial charge in [-0.3, -0.25) is 4.90 Å². The van der Waals surface area contributed by atoms with Crippen molar-refractivity contribution in [3.63, 3.8) is 0 Å². The third kappa shape index (κ3) is 3.40. The van der Waals surface area contributed by atoms with Crippen LogP contribution in [0.25, 0.3) is 11.4 Å². The van der Waals surface area contributed by atoms with Gasteiger partial charge in [-0.25, -0.2) is 0 Å². The van der Waals surface area contributed by atoms with Gasteiger partial charge in [0.25, 0.3) is 0 Å². The van der Waals surface area contributed by atoms with Crippen molar-refractivity contribution in [3.8, 4) is 17.1 Å². The second kappa shape index (κ2) is 6.24. The lowest BCUT2D eigenvalue weighted by atomic mass is 10.2. The number of hydrogen-bond donors (Lipinski definition) is 1. The molecule has 21 heavy (non-hydrogen) atoms. The van der Waals surface area contributed by atoms with Gasteiger partial charge in [-0.05, 0) is 31.2 Å². The topological polar surface area (TPSA) is 63.4 Å². The van der Waals surface area contributed by atoms with Crippen molar-refractivity contribution in [2.24, 2.45) is 0 Å². The summed E-state index contributed by atoms with van der Waals surface area (Å²) >= 11 is 0. The smallest absolute Gasteiger partial charge is 0.241 e. The fourth-order valence-electron chi connectivity index (χ4n) is 2.52. The minimum atomic E-state index is 0.503. The Kier molecular flexibility index (Phi) is 4.17. The van der Waals surface area contributed by atoms with E-state index in [9.17, 15) is 0 Å². The lowest BCUT2D eigenvalue weighted by Crippen LogP contribution is -2.48. The summed E-state index contributed by atoms with van der Waals surface area (Å²) in [5.74, 6) is 2.10. The summed E-state index contributed by atoms with van der Waals surface area (Å²) in [6, 6.07) is 8.15. The van der Waals surface area contributed by atoms with Crippen LogP contribution in [-0.4, -0.2) is 47.8 Å². The molecular weight excluding hydrogens is 268 g/mol. The molecule has 1 N–H and O–H groups in total. The van der Waals surface area contributed by atoms with E-state index in [0.717, 1.165) is 30.9 Å². The first kappa shape index (κ1) is 14.0. The maximum Gasteiger partial charge on any atom is 0.241 e. The SMILES string of the molecule is COc1ccc(-c2noc(CN3CCNC(C)C3)n2)cc1. The number of nitrogens with one attached hydrogen (secondary N) is 1. The molecular formula is C15H20N4O2. The molecule has 1 aromatic heterocycles. The second-order valence-corrected chi connectivity index (χ2v) is 5.33. The Bertz CT molecular complexity index is 582. The minimum Gasteiger partial charge on any atom is -0.497 e. The number of nitrogens with zero attached hydrogens (tertiary/aromatic N) is 3. The molecule has 3 rings (SSSR count). The zero-order valence-corrected chi connectivity index (χ0v) is 12.4. The van der Waals surface area contributed by atoms with E-state index in [1.807, 2.05) is 24.3 Å². The fraction of sp³-hybridized carbons (Fsp3) is 0.467. The summed E-state index contributed by atoms with van der Waals surface area (Å²) in [5.41, 5.74) is 0.930. The van der Waals surface area contributed by atoms with E-state index in [-0.39, 0.29) is 0 Å². The molecule has 1 aromatic carbocycles. The van der Waals surface area contributed by atoms with E-state index in [1.165, 1.54) is 0 Å². The number of aromatic nitrogens is 2. The first-order valence-electron chi connectivity index (χ1n) is 7.17. The highest BCUT2D eigenvalue weighted by Gasteiger charge is 2.18. The van der Waals surface area contributed by atoms with Gasteiger partial charge < -0.3 is 14.6 Å². The van der Waals surface area contributed by atoms with Crippen LogP contribution >= 0.6 is 0 Å². The molecule has 1 fully saturated rings. The van der Waals surface area contributed by atoms with Crippen molar-refractivity contribution < 1.29 is 9.26 Å². The molecule has 112 valence electrons. The molecule has 0 saturated carbocycles. The zero-order chi connectivity index (χ0) is 14.7. The van der Waals surface area contributed by atoms with Crippen molar-refractivity contribution in [2.45, 2.75) is 19.5 Å². The standard InChI is InChI=1S/C15H20N4O2/c1-11-9-19(8-7-16-11)10-14-17-15(18-21-14)12-3-5-13(20-2)6-4-12/h3-6,11,16H,7-10H2,1-2H3. The van der Waals surface area contributed by atoms with Crippen LogP contribution < -0.4 is 10.1 Å². The van der Waals surface area contributed by atoms with Crippen LogP contribution in [0.5, 0.6) is 5.75 Å². The van der Waals surface area contributed by atoms with E-state index < -0.39 is 0 Å². The van der Waals surface area contributed by atoms with E-state index in [4.69, 9.17) is 9.26 Å². The van der Waals surface area contributed by atoms with Gasteiger partial charge in [-0.15, -0.1) is 0 Å². The van der Waals surface area contributed by atoms with Crippen molar-refractivity contribution in [1.29, 1.82) is 0 Å². The van der Waals surface area contributed by atoms with Crippen LogP contribution in [0.1, 0.15) is 12.8 Å². The van der Waals surface area contributed by atoms with Gasteiger partial charge in [0.15, 0.2) is 0 Å². The molecule has 6 heteroatoms. The van der Waals surface area contributed by atoms with Crippen molar-refractivity contribution in [1.82, 2.24) is 20.4 Å². The third-order valence-electron chi connectivity index (χ3n) is 3.63. The lowest BCUT2D eigenvalue weighted by Gasteiger charge is -2.30. The van der Waals surface area contributed by atoms with Crippen LogP contribution in [0, 0.1) is 0 Å². The van der Waals surface area contributed by atoms with Gasteiger partial charge in [0, 0.05) is 31.2 Å². The highest BCUT2D eigenvalue weighted by Crippen LogP contribution is 2.20. The van der Waals surface area contributed by atoms with Crippen LogP contribution in [0.4, 0.5) is 0 Å². The number of hydrogen-bond acceptors (Lipinski definition) is 6. The Labute approximate surface area is 124 Å². The molecule has 2 aromatic rings. The van der Waals surface area contributed by atoms with E-state index >= 15 is 0 Å². The largest absolute Gasteiger partial charge is 0.497 e. The molecule has 1 aliphatic heterocycles. The number of piperazine rings is 1. The molecule has 1 saturated heterocycles. The second-order valence-electron chi connectivity index (χ2n) is 5.33. The highest BCUT2D eigenvalue weighted by molar-refractivity contribution is 5.55. The predicted octanol–water partition coefficient (Wildman–Crippen LogP) is 1.54. The van der Waals surface area contributed by atoms with E-state index in [1.54, 1.807) is 7.11 Å². The minimum absolute atomic E-state index is 0.503. The molecule has 0 radical (unpaired) electrons. The van der Waals surface area contributed by atoms with E-state index in [0.29, 0.717) is 24.3 Å². The van der Waals surface area contributed by atoms with Gasteiger partial charge in [-0.2, -0.15) is 4.98 Å². The highest BCUT2D eigenvalue weighted by atomic mass is 16.5. The van der Waals surface area contributed by atoms with Gasteiger partial charge >= 0.3 is 0 Å². The Balaban J connectivity index is 1.67. The first-order valence-corrected chi connectivity index (χ1v) is 7.17. The van der Waals surface area contributed by atoms with Crippen molar-refractivity contribution >= 4 is 0 Å². The molecule has 2 heterocycles. The Morgan fingerprint density at radius 1 is 1.38 bits per heavy atom. The van der Waals surface area contributed by atoms with E-state index in [2.05, 4.69) is 27.3 Å².